The maximum atomic E-state index is 13.3. The Morgan fingerprint density at radius 1 is 1.06 bits per heavy atom. The molecule has 3 rings (SSSR count). The summed E-state index contributed by atoms with van der Waals surface area (Å²) in [5, 5.41) is 7.40. The monoisotopic (exact) mass is 502 g/mol. The van der Waals surface area contributed by atoms with Crippen LogP contribution < -0.4 is 16.0 Å². The Morgan fingerprint density at radius 2 is 1.75 bits per heavy atom. The Hall–Kier alpha value is -3.40. The first-order valence-corrected chi connectivity index (χ1v) is 10.8. The van der Waals surface area contributed by atoms with Crippen LogP contribution >= 0.6 is 15.9 Å². The number of rotatable bonds is 5. The molecule has 5 amide bonds. The van der Waals surface area contributed by atoms with Gasteiger partial charge in [0.25, 0.3) is 11.8 Å². The Labute approximate surface area is 193 Å². The first-order chi connectivity index (χ1) is 15.4. The van der Waals surface area contributed by atoms with Crippen molar-refractivity contribution in [1.29, 1.82) is 0 Å². The molecule has 0 aromatic heterocycles. The van der Waals surface area contributed by atoms with E-state index in [2.05, 4.69) is 36.6 Å². The van der Waals surface area contributed by atoms with E-state index in [9.17, 15) is 19.2 Å². The van der Waals surface area contributed by atoms with Crippen LogP contribution in [0.4, 0.5) is 15.3 Å². The summed E-state index contributed by atoms with van der Waals surface area (Å²) in [7, 11) is 1.21. The Morgan fingerprint density at radius 3 is 2.41 bits per heavy atom. The van der Waals surface area contributed by atoms with Crippen LogP contribution in [0.2, 0.25) is 0 Å². The smallest absolute Gasteiger partial charge is 0.407 e. The van der Waals surface area contributed by atoms with E-state index in [0.29, 0.717) is 30.6 Å². The number of likely N-dealkylation sites (tertiary alicyclic amines) is 1. The van der Waals surface area contributed by atoms with Crippen LogP contribution in [-0.2, 0) is 14.3 Å². The second kappa shape index (κ2) is 10.8. The number of hydrogen-bond acceptors (Lipinski definition) is 5. The minimum absolute atomic E-state index is 0.331. The van der Waals surface area contributed by atoms with Gasteiger partial charge in [-0.05, 0) is 42.7 Å². The number of alkyl carbamates (subject to hydrolysis) is 1. The van der Waals surface area contributed by atoms with Gasteiger partial charge in [0.2, 0.25) is 0 Å². The largest absolute Gasteiger partial charge is 0.453 e. The molecule has 1 aliphatic heterocycles. The van der Waals surface area contributed by atoms with E-state index in [1.807, 2.05) is 0 Å². The van der Waals surface area contributed by atoms with E-state index in [4.69, 9.17) is 0 Å². The average molecular weight is 503 g/mol. The van der Waals surface area contributed by atoms with Gasteiger partial charge in [0.15, 0.2) is 0 Å². The zero-order valence-electron chi connectivity index (χ0n) is 17.3. The van der Waals surface area contributed by atoms with Crippen LogP contribution in [0.1, 0.15) is 24.4 Å². The van der Waals surface area contributed by atoms with Crippen molar-refractivity contribution in [3.05, 3.63) is 64.6 Å². The second-order valence-corrected chi connectivity index (χ2v) is 8.04. The second-order valence-electron chi connectivity index (χ2n) is 7.12. The van der Waals surface area contributed by atoms with Gasteiger partial charge < -0.3 is 20.3 Å². The van der Waals surface area contributed by atoms with E-state index in [1.54, 1.807) is 54.6 Å². The molecule has 168 valence electrons. The number of halogens is 1. The molecule has 2 aromatic carbocycles. The number of nitrogens with one attached hydrogen (secondary N) is 3. The van der Waals surface area contributed by atoms with Gasteiger partial charge in [0.05, 0.1) is 7.11 Å². The molecule has 2 atom stereocenters. The highest BCUT2D eigenvalue weighted by Gasteiger charge is 2.38. The molecule has 0 radical (unpaired) electrons. The highest BCUT2D eigenvalue weighted by atomic mass is 79.9. The summed E-state index contributed by atoms with van der Waals surface area (Å²) < 4.78 is 5.50. The standard InChI is InChI=1S/C22H23BrN4O5/c1-32-22(31)25-18(14-6-3-2-4-7-14)20(29)27-13-5-8-17(27)19(28)26-21(30)24-16-11-9-15(23)10-12-16/h2-4,6-7,9-12,17-18H,5,8,13H2,1H3,(H,25,31)(H2,24,26,28,30)/t17-,18+/m0/s1. The molecule has 10 heteroatoms. The van der Waals surface area contributed by atoms with Crippen molar-refractivity contribution >= 4 is 45.6 Å². The summed E-state index contributed by atoms with van der Waals surface area (Å²) in [5.41, 5.74) is 1.08. The van der Waals surface area contributed by atoms with Crippen molar-refractivity contribution in [1.82, 2.24) is 15.5 Å². The summed E-state index contributed by atoms with van der Waals surface area (Å²) in [6.07, 6.45) is 0.238. The number of ether oxygens (including phenoxy) is 1. The minimum Gasteiger partial charge on any atom is -0.453 e. The summed E-state index contributed by atoms with van der Waals surface area (Å²) in [4.78, 5) is 51.5. The van der Waals surface area contributed by atoms with Crippen molar-refractivity contribution < 1.29 is 23.9 Å². The number of benzene rings is 2. The van der Waals surface area contributed by atoms with E-state index in [-0.39, 0.29) is 0 Å². The number of hydrogen-bond donors (Lipinski definition) is 3. The number of anilines is 1. The molecule has 1 heterocycles. The average Bonchev–Trinajstić information content (AvgIpc) is 3.29. The van der Waals surface area contributed by atoms with Gasteiger partial charge >= 0.3 is 12.1 Å². The predicted octanol–water partition coefficient (Wildman–Crippen LogP) is 3.19. The van der Waals surface area contributed by atoms with Crippen molar-refractivity contribution in [3.63, 3.8) is 0 Å². The SMILES string of the molecule is COC(=O)N[C@@H](C(=O)N1CCC[C@H]1C(=O)NC(=O)Nc1ccc(Br)cc1)c1ccccc1. The maximum Gasteiger partial charge on any atom is 0.407 e. The lowest BCUT2D eigenvalue weighted by atomic mass is 10.1. The van der Waals surface area contributed by atoms with Crippen LogP contribution in [0.25, 0.3) is 0 Å². The lowest BCUT2D eigenvalue weighted by molar-refractivity contribution is -0.139. The number of methoxy groups -OCH3 is 1. The molecule has 0 unspecified atom stereocenters. The fraction of sp³-hybridized carbons (Fsp3) is 0.273. The van der Waals surface area contributed by atoms with Gasteiger partial charge in [-0.2, -0.15) is 0 Å². The summed E-state index contributed by atoms with van der Waals surface area (Å²) in [6, 6.07) is 13.0. The first-order valence-electron chi connectivity index (χ1n) is 9.96. The third kappa shape index (κ3) is 5.85. The highest BCUT2D eigenvalue weighted by Crippen LogP contribution is 2.24. The number of carbonyl (C=O) groups is 4. The predicted molar refractivity (Wildman–Crippen MR) is 121 cm³/mol. The minimum atomic E-state index is -1.02. The van der Waals surface area contributed by atoms with Crippen LogP contribution in [-0.4, -0.2) is 48.5 Å². The normalized spacial score (nSPS) is 16.1. The number of imide groups is 1. The van der Waals surface area contributed by atoms with Gasteiger partial charge in [-0.15, -0.1) is 0 Å². The Kier molecular flexibility index (Phi) is 7.82. The fourth-order valence-electron chi connectivity index (χ4n) is 3.47. The molecule has 0 aliphatic carbocycles. The molecular weight excluding hydrogens is 480 g/mol. The van der Waals surface area contributed by atoms with Gasteiger partial charge in [0.1, 0.15) is 12.1 Å². The quantitative estimate of drug-likeness (QED) is 0.580. The molecule has 3 N–H and O–H groups in total. The lowest BCUT2D eigenvalue weighted by Crippen LogP contribution is -2.51. The summed E-state index contributed by atoms with van der Waals surface area (Å²) >= 11 is 3.31. The van der Waals surface area contributed by atoms with Gasteiger partial charge in [-0.25, -0.2) is 9.59 Å². The zero-order valence-corrected chi connectivity index (χ0v) is 18.9. The van der Waals surface area contributed by atoms with Gasteiger partial charge in [0, 0.05) is 16.7 Å². The maximum absolute atomic E-state index is 13.3. The topological polar surface area (TPSA) is 117 Å². The molecule has 9 nitrogen and oxygen atoms in total. The third-order valence-electron chi connectivity index (χ3n) is 5.00. The Bertz CT molecular complexity index is 984. The number of carbonyl (C=O) groups excluding carboxylic acids is 4. The van der Waals surface area contributed by atoms with E-state index >= 15 is 0 Å². The zero-order chi connectivity index (χ0) is 23.1. The van der Waals surface area contributed by atoms with Crippen LogP contribution in [0.5, 0.6) is 0 Å². The van der Waals surface area contributed by atoms with Crippen molar-refractivity contribution in [2.24, 2.45) is 0 Å². The van der Waals surface area contributed by atoms with Crippen molar-refractivity contribution in [2.75, 3.05) is 19.0 Å². The molecule has 1 saturated heterocycles. The first kappa shape index (κ1) is 23.3. The number of amides is 5. The molecular formula is C22H23BrN4O5. The van der Waals surface area contributed by atoms with Gasteiger partial charge in [-0.3, -0.25) is 14.9 Å². The van der Waals surface area contributed by atoms with Crippen molar-refractivity contribution in [3.8, 4) is 0 Å². The van der Waals surface area contributed by atoms with E-state index in [0.717, 1.165) is 4.47 Å². The third-order valence-corrected chi connectivity index (χ3v) is 5.53. The number of nitrogens with zero attached hydrogens (tertiary/aromatic N) is 1. The van der Waals surface area contributed by atoms with Gasteiger partial charge in [-0.1, -0.05) is 46.3 Å². The molecule has 0 saturated carbocycles. The number of urea groups is 1. The van der Waals surface area contributed by atoms with Crippen LogP contribution in [0, 0.1) is 0 Å². The van der Waals surface area contributed by atoms with Crippen molar-refractivity contribution in [2.45, 2.75) is 24.9 Å². The highest BCUT2D eigenvalue weighted by molar-refractivity contribution is 9.10. The summed E-state index contributed by atoms with van der Waals surface area (Å²) in [6.45, 7) is 0.331. The van der Waals surface area contributed by atoms with Crippen LogP contribution in [0.15, 0.2) is 59.1 Å². The Balaban J connectivity index is 1.70. The molecule has 1 aliphatic rings. The molecule has 32 heavy (non-hydrogen) atoms. The molecule has 0 bridgehead atoms. The van der Waals surface area contributed by atoms with E-state index in [1.165, 1.54) is 12.0 Å². The molecule has 2 aromatic rings. The van der Waals surface area contributed by atoms with E-state index < -0.39 is 36.0 Å². The molecule has 1 fully saturated rings. The van der Waals surface area contributed by atoms with Crippen LogP contribution in [0.3, 0.4) is 0 Å². The summed E-state index contributed by atoms with van der Waals surface area (Å²) in [5.74, 6) is -1.04. The fourth-order valence-corrected chi connectivity index (χ4v) is 3.73. The lowest BCUT2D eigenvalue weighted by Gasteiger charge is -2.28. The molecule has 0 spiro atoms.